The van der Waals surface area contributed by atoms with Crippen LogP contribution in [-0.2, 0) is 6.61 Å². The Balaban J connectivity index is 1.80. The van der Waals surface area contributed by atoms with Gasteiger partial charge in [-0.25, -0.2) is 4.98 Å². The number of ether oxygens (including phenoxy) is 3. The lowest BCUT2D eigenvalue weighted by atomic mass is 9.92. The molecule has 0 amide bonds. The van der Waals surface area contributed by atoms with E-state index in [1.165, 1.54) is 0 Å². The number of aromatic nitrogens is 1. The summed E-state index contributed by atoms with van der Waals surface area (Å²) in [7, 11) is 3.23. The molecule has 3 aromatic rings. The maximum atomic E-state index is 6.00. The van der Waals surface area contributed by atoms with Crippen LogP contribution in [0.5, 0.6) is 17.4 Å². The number of alkyl halides is 1. The molecule has 0 saturated carbocycles. The Labute approximate surface area is 184 Å². The molecule has 0 fully saturated rings. The summed E-state index contributed by atoms with van der Waals surface area (Å²) >= 11 is 2.38. The molecule has 6 nitrogen and oxygen atoms in total. The number of nitrogen functional groups attached to an aromatic ring is 2. The van der Waals surface area contributed by atoms with Crippen molar-refractivity contribution < 1.29 is 14.2 Å². The molecule has 1 atom stereocenters. The van der Waals surface area contributed by atoms with Crippen molar-refractivity contribution in [3.8, 4) is 17.4 Å². The molecule has 0 aliphatic carbocycles. The minimum atomic E-state index is 0.173. The predicted molar refractivity (Wildman–Crippen MR) is 124 cm³/mol. The molecule has 7 heteroatoms. The normalized spacial score (nSPS) is 11.7. The fraction of sp³-hybridized carbons (Fsp3) is 0.227. The monoisotopic (exact) mass is 505 g/mol. The van der Waals surface area contributed by atoms with E-state index in [-0.39, 0.29) is 5.92 Å². The lowest BCUT2D eigenvalue weighted by Crippen LogP contribution is -2.06. The summed E-state index contributed by atoms with van der Waals surface area (Å²) in [6.07, 6.45) is 1.73. The van der Waals surface area contributed by atoms with Gasteiger partial charge in [0.25, 0.3) is 0 Å². The van der Waals surface area contributed by atoms with Gasteiger partial charge in [-0.2, -0.15) is 0 Å². The SMILES string of the molecule is COc1ccc(COc2ccc(C(CI)c3ccc(N)c(N)c3)cc2OC)cn1. The van der Waals surface area contributed by atoms with Crippen molar-refractivity contribution in [2.24, 2.45) is 0 Å². The third-order valence-corrected chi connectivity index (χ3v) is 5.54. The van der Waals surface area contributed by atoms with E-state index < -0.39 is 0 Å². The molecule has 0 spiro atoms. The van der Waals surface area contributed by atoms with Crippen LogP contribution in [0.4, 0.5) is 11.4 Å². The Morgan fingerprint density at radius 2 is 1.66 bits per heavy atom. The van der Waals surface area contributed by atoms with E-state index in [1.54, 1.807) is 20.4 Å². The van der Waals surface area contributed by atoms with Crippen molar-refractivity contribution in [1.29, 1.82) is 0 Å². The number of benzene rings is 2. The van der Waals surface area contributed by atoms with Gasteiger partial charge in [-0.3, -0.25) is 0 Å². The molecule has 0 radical (unpaired) electrons. The average Bonchev–Trinajstić information content (AvgIpc) is 2.76. The molecule has 4 N–H and O–H groups in total. The summed E-state index contributed by atoms with van der Waals surface area (Å²) in [6.45, 7) is 0.386. The Morgan fingerprint density at radius 3 is 2.28 bits per heavy atom. The van der Waals surface area contributed by atoms with Crippen LogP contribution < -0.4 is 25.7 Å². The molecule has 3 rings (SSSR count). The number of nitrogens with two attached hydrogens (primary N) is 2. The summed E-state index contributed by atoms with van der Waals surface area (Å²) in [4.78, 5) is 4.19. The minimum Gasteiger partial charge on any atom is -0.493 e. The smallest absolute Gasteiger partial charge is 0.212 e. The van der Waals surface area contributed by atoms with Gasteiger partial charge in [0.2, 0.25) is 5.88 Å². The molecular weight excluding hydrogens is 481 g/mol. The van der Waals surface area contributed by atoms with Crippen molar-refractivity contribution in [2.45, 2.75) is 12.5 Å². The van der Waals surface area contributed by atoms with Gasteiger partial charge in [0, 0.05) is 28.2 Å². The summed E-state index contributed by atoms with van der Waals surface area (Å²) in [5.74, 6) is 2.11. The minimum absolute atomic E-state index is 0.173. The first-order valence-corrected chi connectivity index (χ1v) is 10.6. The third kappa shape index (κ3) is 5.03. The van der Waals surface area contributed by atoms with E-state index in [1.807, 2.05) is 42.5 Å². The number of hydrogen-bond donors (Lipinski definition) is 2. The first-order valence-electron chi connectivity index (χ1n) is 9.06. The van der Waals surface area contributed by atoms with E-state index in [2.05, 4.69) is 33.6 Å². The number of methoxy groups -OCH3 is 2. The Hall–Kier alpha value is -2.68. The van der Waals surface area contributed by atoms with E-state index in [9.17, 15) is 0 Å². The van der Waals surface area contributed by atoms with Gasteiger partial charge in [0.05, 0.1) is 25.6 Å². The quantitative estimate of drug-likeness (QED) is 0.268. The molecular formula is C22H24IN3O3. The number of pyridine rings is 1. The highest BCUT2D eigenvalue weighted by Gasteiger charge is 2.17. The van der Waals surface area contributed by atoms with E-state index in [4.69, 9.17) is 25.7 Å². The van der Waals surface area contributed by atoms with Gasteiger partial charge in [0.1, 0.15) is 6.61 Å². The zero-order valence-electron chi connectivity index (χ0n) is 16.4. The topological polar surface area (TPSA) is 92.6 Å². The number of anilines is 2. The molecule has 0 aliphatic heterocycles. The maximum Gasteiger partial charge on any atom is 0.212 e. The van der Waals surface area contributed by atoms with E-state index >= 15 is 0 Å². The summed E-state index contributed by atoms with van der Waals surface area (Å²) < 4.78 is 17.5. The number of halogens is 1. The van der Waals surface area contributed by atoms with Gasteiger partial charge < -0.3 is 25.7 Å². The standard InChI is InChI=1S/C22H24IN3O3/c1-27-21-10-16(17(11-23)15-4-6-18(24)19(25)9-15)5-7-20(21)29-13-14-3-8-22(28-2)26-12-14/h3-10,12,17H,11,13,24-25H2,1-2H3. The van der Waals surface area contributed by atoms with Crippen LogP contribution in [0.2, 0.25) is 0 Å². The fourth-order valence-electron chi connectivity index (χ4n) is 2.98. The van der Waals surface area contributed by atoms with Gasteiger partial charge in [-0.05, 0) is 41.5 Å². The summed E-state index contributed by atoms with van der Waals surface area (Å²) in [6, 6.07) is 15.5. The lowest BCUT2D eigenvalue weighted by Gasteiger charge is -2.19. The number of rotatable bonds is 8. The highest BCUT2D eigenvalue weighted by Crippen LogP contribution is 2.36. The van der Waals surface area contributed by atoms with Crippen LogP contribution in [0.1, 0.15) is 22.6 Å². The second-order valence-corrected chi connectivity index (χ2v) is 7.38. The van der Waals surface area contributed by atoms with E-state index in [0.717, 1.165) is 21.1 Å². The third-order valence-electron chi connectivity index (χ3n) is 4.66. The van der Waals surface area contributed by atoms with Gasteiger partial charge in [-0.15, -0.1) is 0 Å². The molecule has 0 saturated heterocycles. The zero-order valence-corrected chi connectivity index (χ0v) is 18.5. The summed E-state index contributed by atoms with van der Waals surface area (Å²) in [5.41, 5.74) is 16.2. The first kappa shape index (κ1) is 21.0. The Morgan fingerprint density at radius 1 is 0.897 bits per heavy atom. The van der Waals surface area contributed by atoms with Crippen molar-refractivity contribution in [3.05, 3.63) is 71.4 Å². The fourth-order valence-corrected chi connectivity index (χ4v) is 4.00. The second-order valence-electron chi connectivity index (χ2n) is 6.50. The van der Waals surface area contributed by atoms with Crippen molar-refractivity contribution >= 4 is 34.0 Å². The molecule has 1 heterocycles. The zero-order chi connectivity index (χ0) is 20.8. The van der Waals surface area contributed by atoms with Crippen LogP contribution in [0.25, 0.3) is 0 Å². The molecule has 1 unspecified atom stereocenters. The molecule has 152 valence electrons. The number of nitrogens with zero attached hydrogens (tertiary/aromatic N) is 1. The second kappa shape index (κ2) is 9.69. The van der Waals surface area contributed by atoms with Crippen molar-refractivity contribution in [1.82, 2.24) is 4.98 Å². The number of hydrogen-bond acceptors (Lipinski definition) is 6. The van der Waals surface area contributed by atoms with Crippen LogP contribution >= 0.6 is 22.6 Å². The predicted octanol–water partition coefficient (Wildman–Crippen LogP) is 4.41. The van der Waals surface area contributed by atoms with Crippen molar-refractivity contribution in [2.75, 3.05) is 30.1 Å². The van der Waals surface area contributed by atoms with Gasteiger partial charge in [-0.1, -0.05) is 34.7 Å². The largest absolute Gasteiger partial charge is 0.493 e. The Kier molecular flexibility index (Phi) is 7.03. The molecule has 0 bridgehead atoms. The van der Waals surface area contributed by atoms with Crippen molar-refractivity contribution in [3.63, 3.8) is 0 Å². The highest BCUT2D eigenvalue weighted by molar-refractivity contribution is 14.1. The first-order chi connectivity index (χ1) is 14.0. The van der Waals surface area contributed by atoms with Crippen LogP contribution in [0.3, 0.4) is 0 Å². The van der Waals surface area contributed by atoms with E-state index in [0.29, 0.717) is 35.4 Å². The molecule has 1 aromatic heterocycles. The Bertz CT molecular complexity index is 964. The highest BCUT2D eigenvalue weighted by atomic mass is 127. The molecule has 2 aromatic carbocycles. The molecule has 0 aliphatic rings. The lowest BCUT2D eigenvalue weighted by molar-refractivity contribution is 0.283. The molecule has 29 heavy (non-hydrogen) atoms. The van der Waals surface area contributed by atoms with Gasteiger partial charge >= 0.3 is 0 Å². The maximum absolute atomic E-state index is 6.00. The van der Waals surface area contributed by atoms with Crippen LogP contribution in [0.15, 0.2) is 54.7 Å². The van der Waals surface area contributed by atoms with Crippen LogP contribution in [-0.4, -0.2) is 23.6 Å². The average molecular weight is 505 g/mol. The van der Waals surface area contributed by atoms with Crippen LogP contribution in [0, 0.1) is 0 Å². The van der Waals surface area contributed by atoms with Gasteiger partial charge in [0.15, 0.2) is 11.5 Å². The summed E-state index contributed by atoms with van der Waals surface area (Å²) in [5, 5.41) is 0.